The maximum atomic E-state index is 2.08. The number of rotatable bonds is 0. The maximum absolute atomic E-state index is 2.08. The Balaban J connectivity index is 0.000000605. The van der Waals surface area contributed by atoms with Crippen molar-refractivity contribution in [3.05, 3.63) is 48.8 Å². The zero-order valence-corrected chi connectivity index (χ0v) is 7.53. The molecule has 0 radical (unpaired) electrons. The third-order valence-corrected chi connectivity index (χ3v) is 1.55. The average molecular weight is 210 g/mol. The Hall–Kier alpha value is -0.890. The summed E-state index contributed by atoms with van der Waals surface area (Å²) in [6.45, 7) is 0. The van der Waals surface area contributed by atoms with Crippen LogP contribution in [0.2, 0.25) is 0 Å². The van der Waals surface area contributed by atoms with Crippen LogP contribution in [-0.2, 0) is 0 Å². The lowest BCUT2D eigenvalue weighted by molar-refractivity contribution is -0.511. The number of aromatic nitrogens is 1. The standard InChI is InChI=1S/C9H8N.BrH/c1-3-7-10-8-4-2-6-9(10)5-1;/h1-8H;1H/q+1;/p-1. The fraction of sp³-hybridized carbons (Fsp3) is 0. The van der Waals surface area contributed by atoms with Crippen LogP contribution in [0.5, 0.6) is 0 Å². The molecule has 2 aromatic heterocycles. The fourth-order valence-electron chi connectivity index (χ4n) is 1.04. The number of nitrogens with zero attached hydrogens (tertiary/aromatic N) is 1. The van der Waals surface area contributed by atoms with Crippen LogP contribution in [0.3, 0.4) is 0 Å². The van der Waals surface area contributed by atoms with Crippen LogP contribution in [0.25, 0.3) is 5.52 Å². The lowest BCUT2D eigenvalue weighted by atomic mass is 10.3. The lowest BCUT2D eigenvalue weighted by Gasteiger charge is -1.85. The van der Waals surface area contributed by atoms with E-state index in [1.807, 2.05) is 36.7 Å². The highest BCUT2D eigenvalue weighted by molar-refractivity contribution is 5.36. The first kappa shape index (κ1) is 8.21. The second-order valence-corrected chi connectivity index (χ2v) is 2.23. The Morgan fingerprint density at radius 3 is 1.82 bits per heavy atom. The molecule has 56 valence electrons. The molecule has 0 bridgehead atoms. The van der Waals surface area contributed by atoms with Crippen LogP contribution >= 0.6 is 0 Å². The summed E-state index contributed by atoms with van der Waals surface area (Å²) in [5, 5.41) is 0. The van der Waals surface area contributed by atoms with E-state index in [-0.39, 0.29) is 17.0 Å². The molecule has 2 heteroatoms. The van der Waals surface area contributed by atoms with Crippen molar-refractivity contribution >= 4 is 5.52 Å². The van der Waals surface area contributed by atoms with Gasteiger partial charge in [0.2, 0.25) is 5.52 Å². The average Bonchev–Trinajstić information content (AvgIpc) is 2.05. The minimum Gasteiger partial charge on any atom is -1.00 e. The summed E-state index contributed by atoms with van der Waals surface area (Å²) in [4.78, 5) is 0. The van der Waals surface area contributed by atoms with Gasteiger partial charge in [0.1, 0.15) is 0 Å². The van der Waals surface area contributed by atoms with Gasteiger partial charge in [-0.25, -0.2) is 0 Å². The summed E-state index contributed by atoms with van der Waals surface area (Å²) in [6.07, 6.45) is 4.07. The molecule has 11 heavy (non-hydrogen) atoms. The van der Waals surface area contributed by atoms with Gasteiger partial charge in [-0.2, -0.15) is 4.40 Å². The summed E-state index contributed by atoms with van der Waals surface area (Å²) >= 11 is 0. The third-order valence-electron chi connectivity index (χ3n) is 1.55. The van der Waals surface area contributed by atoms with Gasteiger partial charge < -0.3 is 17.0 Å². The molecule has 0 saturated heterocycles. The summed E-state index contributed by atoms with van der Waals surface area (Å²) in [6, 6.07) is 12.3. The maximum Gasteiger partial charge on any atom is 0.210 e. The Morgan fingerprint density at radius 2 is 1.36 bits per heavy atom. The molecule has 0 saturated carbocycles. The van der Waals surface area contributed by atoms with E-state index in [0.29, 0.717) is 0 Å². The third kappa shape index (κ3) is 1.57. The van der Waals surface area contributed by atoms with Crippen molar-refractivity contribution in [2.45, 2.75) is 0 Å². The van der Waals surface area contributed by atoms with E-state index in [9.17, 15) is 0 Å². The van der Waals surface area contributed by atoms with E-state index in [0.717, 1.165) is 0 Å². The van der Waals surface area contributed by atoms with Gasteiger partial charge in [-0.3, -0.25) is 0 Å². The molecule has 2 heterocycles. The summed E-state index contributed by atoms with van der Waals surface area (Å²) in [5.41, 5.74) is 1.23. The molecule has 0 aliphatic rings. The van der Waals surface area contributed by atoms with Gasteiger partial charge in [-0.05, 0) is 12.1 Å². The van der Waals surface area contributed by atoms with Crippen molar-refractivity contribution in [3.8, 4) is 0 Å². The van der Waals surface area contributed by atoms with Crippen molar-refractivity contribution in [3.63, 3.8) is 0 Å². The largest absolute Gasteiger partial charge is 1.00 e. The van der Waals surface area contributed by atoms with Gasteiger partial charge in [-0.1, -0.05) is 0 Å². The SMILES string of the molecule is [Br-].c1cc[n+]2ccccc2c1. The van der Waals surface area contributed by atoms with Gasteiger partial charge in [0.25, 0.3) is 0 Å². The number of fused-ring (bicyclic) bond motifs is 1. The van der Waals surface area contributed by atoms with Crippen molar-refractivity contribution in [1.82, 2.24) is 0 Å². The molecule has 0 N–H and O–H groups in total. The number of hydrogen-bond acceptors (Lipinski definition) is 0. The van der Waals surface area contributed by atoms with Gasteiger partial charge in [0.15, 0.2) is 12.4 Å². The van der Waals surface area contributed by atoms with Crippen molar-refractivity contribution < 1.29 is 21.4 Å². The van der Waals surface area contributed by atoms with Crippen LogP contribution in [0, 0.1) is 0 Å². The lowest BCUT2D eigenvalue weighted by Crippen LogP contribution is -3.00. The summed E-state index contributed by atoms with van der Waals surface area (Å²) in [7, 11) is 0. The Labute approximate surface area is 76.1 Å². The highest BCUT2D eigenvalue weighted by Crippen LogP contribution is 1.92. The predicted molar refractivity (Wildman–Crippen MR) is 39.6 cm³/mol. The van der Waals surface area contributed by atoms with E-state index < -0.39 is 0 Å². The Kier molecular flexibility index (Phi) is 2.60. The summed E-state index contributed by atoms with van der Waals surface area (Å²) in [5.74, 6) is 0. The molecule has 1 nitrogen and oxygen atoms in total. The van der Waals surface area contributed by atoms with E-state index in [2.05, 4.69) is 16.5 Å². The molecule has 0 spiro atoms. The number of pyridine rings is 2. The van der Waals surface area contributed by atoms with Gasteiger partial charge in [-0.15, -0.1) is 0 Å². The molecule has 2 aromatic rings. The summed E-state index contributed by atoms with van der Waals surface area (Å²) < 4.78 is 2.08. The first-order valence-electron chi connectivity index (χ1n) is 3.32. The van der Waals surface area contributed by atoms with Crippen molar-refractivity contribution in [2.75, 3.05) is 0 Å². The molecule has 0 aliphatic carbocycles. The molecule has 2 rings (SSSR count). The topological polar surface area (TPSA) is 4.10 Å². The molecular formula is C9H8BrN. The zero-order valence-electron chi connectivity index (χ0n) is 5.94. The highest BCUT2D eigenvalue weighted by atomic mass is 79.9. The van der Waals surface area contributed by atoms with Gasteiger partial charge >= 0.3 is 0 Å². The second kappa shape index (κ2) is 3.49. The molecule has 0 fully saturated rings. The van der Waals surface area contributed by atoms with Crippen LogP contribution in [0.15, 0.2) is 48.8 Å². The van der Waals surface area contributed by atoms with E-state index in [4.69, 9.17) is 0 Å². The molecule has 0 atom stereocenters. The molecule has 0 unspecified atom stereocenters. The smallest absolute Gasteiger partial charge is 0.210 e. The minimum absolute atomic E-state index is 0. The van der Waals surface area contributed by atoms with E-state index in [1.165, 1.54) is 5.52 Å². The second-order valence-electron chi connectivity index (χ2n) is 2.23. The quantitative estimate of drug-likeness (QED) is 0.462. The first-order chi connectivity index (χ1) is 4.97. The molecule has 0 amide bonds. The number of halogens is 1. The predicted octanol–water partition coefficient (Wildman–Crippen LogP) is -1.57. The normalized spacial score (nSPS) is 9.09. The van der Waals surface area contributed by atoms with Gasteiger partial charge in [0, 0.05) is 24.3 Å². The van der Waals surface area contributed by atoms with Crippen LogP contribution in [0.4, 0.5) is 0 Å². The molecule has 0 aliphatic heterocycles. The Morgan fingerprint density at radius 1 is 0.818 bits per heavy atom. The fourth-order valence-corrected chi connectivity index (χ4v) is 1.04. The Bertz CT molecular complexity index is 281. The van der Waals surface area contributed by atoms with E-state index in [1.54, 1.807) is 0 Å². The van der Waals surface area contributed by atoms with Crippen LogP contribution in [0.1, 0.15) is 0 Å². The van der Waals surface area contributed by atoms with Gasteiger partial charge in [0.05, 0.1) is 0 Å². The monoisotopic (exact) mass is 209 g/mol. The van der Waals surface area contributed by atoms with Crippen molar-refractivity contribution in [1.29, 1.82) is 0 Å². The van der Waals surface area contributed by atoms with E-state index >= 15 is 0 Å². The minimum atomic E-state index is 0. The van der Waals surface area contributed by atoms with Crippen LogP contribution < -0.4 is 21.4 Å². The van der Waals surface area contributed by atoms with Crippen LogP contribution in [-0.4, -0.2) is 0 Å². The highest BCUT2D eigenvalue weighted by Gasteiger charge is 1.93. The zero-order chi connectivity index (χ0) is 6.81. The molecule has 0 aromatic carbocycles. The first-order valence-corrected chi connectivity index (χ1v) is 3.32. The van der Waals surface area contributed by atoms with Crippen molar-refractivity contribution in [2.24, 2.45) is 0 Å². The molecular weight excluding hydrogens is 202 g/mol. The number of hydrogen-bond donors (Lipinski definition) is 0.